The summed E-state index contributed by atoms with van der Waals surface area (Å²) in [4.78, 5) is 14.1. The largest absolute Gasteiger partial charge is 0.350 e. The Hall–Kier alpha value is -1.52. The first kappa shape index (κ1) is 9.05. The van der Waals surface area contributed by atoms with Gasteiger partial charge in [0.25, 0.3) is 5.91 Å². The number of H-pyrrole nitrogens is 1. The van der Waals surface area contributed by atoms with Gasteiger partial charge in [-0.25, -0.2) is 5.84 Å². The Balaban J connectivity index is 2.56. The van der Waals surface area contributed by atoms with E-state index in [1.807, 2.05) is 6.07 Å². The summed E-state index contributed by atoms with van der Waals surface area (Å²) in [5.74, 6) is 4.66. The number of carbonyl (C=O) groups excluding carboxylic acids is 1. The minimum absolute atomic E-state index is 0.350. The van der Waals surface area contributed by atoms with Gasteiger partial charge in [-0.15, -0.1) is 0 Å². The SMILES string of the molecule is NNC(=O)c1cc2ccc(Cl)cc2[nH]1. The predicted molar refractivity (Wildman–Crippen MR) is 55.0 cm³/mol. The molecule has 4 nitrogen and oxygen atoms in total. The first-order valence-corrected chi connectivity index (χ1v) is 4.38. The van der Waals surface area contributed by atoms with Crippen molar-refractivity contribution >= 4 is 28.4 Å². The molecule has 2 rings (SSSR count). The zero-order valence-electron chi connectivity index (χ0n) is 7.17. The molecule has 1 aromatic carbocycles. The van der Waals surface area contributed by atoms with Crippen molar-refractivity contribution in [1.29, 1.82) is 0 Å². The summed E-state index contributed by atoms with van der Waals surface area (Å²) in [6, 6.07) is 7.07. The van der Waals surface area contributed by atoms with Crippen molar-refractivity contribution in [3.05, 3.63) is 35.0 Å². The molecule has 72 valence electrons. The molecular weight excluding hydrogens is 202 g/mol. The Labute approximate surface area is 85.0 Å². The topological polar surface area (TPSA) is 70.9 Å². The van der Waals surface area contributed by atoms with E-state index in [4.69, 9.17) is 17.4 Å². The molecule has 5 heteroatoms. The molecule has 0 aliphatic rings. The molecule has 0 aliphatic heterocycles. The van der Waals surface area contributed by atoms with Gasteiger partial charge in [0, 0.05) is 15.9 Å². The van der Waals surface area contributed by atoms with Crippen molar-refractivity contribution in [2.75, 3.05) is 0 Å². The number of nitrogens with one attached hydrogen (secondary N) is 2. The van der Waals surface area contributed by atoms with Crippen molar-refractivity contribution in [3.63, 3.8) is 0 Å². The van der Waals surface area contributed by atoms with Crippen LogP contribution in [0.1, 0.15) is 10.5 Å². The third kappa shape index (κ3) is 1.45. The van der Waals surface area contributed by atoms with Crippen LogP contribution in [0.25, 0.3) is 10.9 Å². The fourth-order valence-corrected chi connectivity index (χ4v) is 1.47. The maximum absolute atomic E-state index is 11.2. The summed E-state index contributed by atoms with van der Waals surface area (Å²) >= 11 is 5.80. The molecule has 14 heavy (non-hydrogen) atoms. The number of amides is 1. The number of rotatable bonds is 1. The number of nitrogens with two attached hydrogens (primary N) is 1. The highest BCUT2D eigenvalue weighted by Gasteiger charge is 2.07. The Morgan fingerprint density at radius 2 is 2.21 bits per heavy atom. The third-order valence-corrected chi connectivity index (χ3v) is 2.20. The Morgan fingerprint density at radius 3 is 2.93 bits per heavy atom. The smallest absolute Gasteiger partial charge is 0.281 e. The van der Waals surface area contributed by atoms with Gasteiger partial charge in [0.15, 0.2) is 0 Å². The zero-order chi connectivity index (χ0) is 10.1. The van der Waals surface area contributed by atoms with Crippen LogP contribution >= 0.6 is 11.6 Å². The van der Waals surface area contributed by atoms with Gasteiger partial charge in [-0.05, 0) is 18.2 Å². The highest BCUT2D eigenvalue weighted by molar-refractivity contribution is 6.31. The van der Waals surface area contributed by atoms with Gasteiger partial charge in [-0.2, -0.15) is 0 Å². The van der Waals surface area contributed by atoms with Crippen molar-refractivity contribution in [2.24, 2.45) is 5.84 Å². The van der Waals surface area contributed by atoms with Crippen LogP contribution < -0.4 is 11.3 Å². The summed E-state index contributed by atoms with van der Waals surface area (Å²) in [6.45, 7) is 0. The van der Waals surface area contributed by atoms with Gasteiger partial charge in [0.05, 0.1) is 0 Å². The van der Waals surface area contributed by atoms with Gasteiger partial charge in [0.2, 0.25) is 0 Å². The number of aromatic nitrogens is 1. The molecule has 0 spiro atoms. The van der Waals surface area contributed by atoms with Gasteiger partial charge in [-0.1, -0.05) is 17.7 Å². The second-order valence-electron chi connectivity index (χ2n) is 2.89. The quantitative estimate of drug-likeness (QED) is 0.378. The molecule has 1 aromatic heterocycles. The summed E-state index contributed by atoms with van der Waals surface area (Å²) in [5, 5.41) is 1.55. The standard InChI is InChI=1S/C9H8ClN3O/c10-6-2-1-5-3-8(9(14)13-11)12-7(5)4-6/h1-4,12H,11H2,(H,13,14). The van der Waals surface area contributed by atoms with Crippen LogP contribution in [-0.4, -0.2) is 10.9 Å². The van der Waals surface area contributed by atoms with Crippen LogP contribution in [-0.2, 0) is 0 Å². The van der Waals surface area contributed by atoms with Crippen molar-refractivity contribution < 1.29 is 4.79 Å². The first-order chi connectivity index (χ1) is 6.70. The van der Waals surface area contributed by atoms with Gasteiger partial charge < -0.3 is 4.98 Å². The van der Waals surface area contributed by atoms with E-state index in [2.05, 4.69) is 10.4 Å². The van der Waals surface area contributed by atoms with E-state index < -0.39 is 0 Å². The number of hydrogen-bond acceptors (Lipinski definition) is 2. The molecule has 1 heterocycles. The van der Waals surface area contributed by atoms with Crippen LogP contribution in [0.4, 0.5) is 0 Å². The molecule has 0 aliphatic carbocycles. The molecular formula is C9H8ClN3O. The van der Waals surface area contributed by atoms with E-state index in [-0.39, 0.29) is 5.91 Å². The molecule has 0 bridgehead atoms. The van der Waals surface area contributed by atoms with Crippen molar-refractivity contribution in [1.82, 2.24) is 10.4 Å². The fraction of sp³-hybridized carbons (Fsp3) is 0. The van der Waals surface area contributed by atoms with E-state index in [9.17, 15) is 4.79 Å². The number of hydrogen-bond donors (Lipinski definition) is 3. The van der Waals surface area contributed by atoms with Crippen LogP contribution in [0.15, 0.2) is 24.3 Å². The number of fused-ring (bicyclic) bond motifs is 1. The third-order valence-electron chi connectivity index (χ3n) is 1.96. The summed E-state index contributed by atoms with van der Waals surface area (Å²) < 4.78 is 0. The van der Waals surface area contributed by atoms with Gasteiger partial charge in [-0.3, -0.25) is 10.2 Å². The van der Waals surface area contributed by atoms with E-state index in [1.165, 1.54) is 0 Å². The number of carbonyl (C=O) groups is 1. The Morgan fingerprint density at radius 1 is 1.43 bits per heavy atom. The minimum Gasteiger partial charge on any atom is -0.350 e. The van der Waals surface area contributed by atoms with Crippen molar-refractivity contribution in [3.8, 4) is 0 Å². The number of nitrogen functional groups attached to an aromatic ring is 1. The lowest BCUT2D eigenvalue weighted by molar-refractivity contribution is 0.0949. The number of benzene rings is 1. The highest BCUT2D eigenvalue weighted by Crippen LogP contribution is 2.19. The maximum Gasteiger partial charge on any atom is 0.281 e. The summed E-state index contributed by atoms with van der Waals surface area (Å²) in [5.41, 5.74) is 3.29. The zero-order valence-corrected chi connectivity index (χ0v) is 7.93. The maximum atomic E-state index is 11.2. The van der Waals surface area contributed by atoms with Crippen LogP contribution in [0, 0.1) is 0 Å². The first-order valence-electron chi connectivity index (χ1n) is 4.00. The van der Waals surface area contributed by atoms with Crippen molar-refractivity contribution in [2.45, 2.75) is 0 Å². The van der Waals surface area contributed by atoms with Crippen LogP contribution in [0.2, 0.25) is 5.02 Å². The monoisotopic (exact) mass is 209 g/mol. The molecule has 0 atom stereocenters. The summed E-state index contributed by atoms with van der Waals surface area (Å²) in [6.07, 6.45) is 0. The van der Waals surface area contributed by atoms with E-state index in [0.717, 1.165) is 10.9 Å². The second kappa shape index (κ2) is 3.32. The van der Waals surface area contributed by atoms with Crippen LogP contribution in [0.3, 0.4) is 0 Å². The second-order valence-corrected chi connectivity index (χ2v) is 3.32. The number of aromatic amines is 1. The molecule has 0 saturated carbocycles. The summed E-state index contributed by atoms with van der Waals surface area (Å²) in [7, 11) is 0. The average molecular weight is 210 g/mol. The highest BCUT2D eigenvalue weighted by atomic mass is 35.5. The molecule has 1 amide bonds. The lowest BCUT2D eigenvalue weighted by Crippen LogP contribution is -2.30. The Bertz CT molecular complexity index is 492. The average Bonchev–Trinajstić information content (AvgIpc) is 2.59. The normalized spacial score (nSPS) is 10.4. The van der Waals surface area contributed by atoms with E-state index in [0.29, 0.717) is 10.7 Å². The lowest BCUT2D eigenvalue weighted by Gasteiger charge is -1.92. The van der Waals surface area contributed by atoms with Gasteiger partial charge >= 0.3 is 0 Å². The molecule has 4 N–H and O–H groups in total. The van der Waals surface area contributed by atoms with E-state index >= 15 is 0 Å². The molecule has 2 aromatic rings. The number of halogens is 1. The molecule has 0 saturated heterocycles. The molecule has 0 radical (unpaired) electrons. The Kier molecular flexibility index (Phi) is 2.15. The minimum atomic E-state index is -0.350. The lowest BCUT2D eigenvalue weighted by atomic mass is 10.2. The fourth-order valence-electron chi connectivity index (χ4n) is 1.30. The van der Waals surface area contributed by atoms with Gasteiger partial charge in [0.1, 0.15) is 5.69 Å². The predicted octanol–water partition coefficient (Wildman–Crippen LogP) is 1.42. The van der Waals surface area contributed by atoms with E-state index in [1.54, 1.807) is 18.2 Å². The molecule has 0 unspecified atom stereocenters. The van der Waals surface area contributed by atoms with Crippen LogP contribution in [0.5, 0.6) is 0 Å². The number of hydrazine groups is 1. The molecule has 0 fully saturated rings.